The molecular weight excluding hydrogens is 398 g/mol. The number of para-hydroxylation sites is 1. The molecule has 8 heteroatoms. The van der Waals surface area contributed by atoms with E-state index < -0.39 is 0 Å². The van der Waals surface area contributed by atoms with Crippen LogP contribution in [-0.4, -0.2) is 39.7 Å². The molecule has 0 aliphatic heterocycles. The van der Waals surface area contributed by atoms with Crippen LogP contribution < -0.4 is 4.74 Å². The van der Waals surface area contributed by atoms with E-state index >= 15 is 0 Å². The number of benzene rings is 2. The lowest BCUT2D eigenvalue weighted by molar-refractivity contribution is -0.141. The van der Waals surface area contributed by atoms with Crippen molar-refractivity contribution in [2.24, 2.45) is 0 Å². The maximum Gasteiger partial charge on any atom is 0.316 e. The Hall–Kier alpha value is -2.51. The first-order valence-electron chi connectivity index (χ1n) is 8.82. The Bertz CT molecular complexity index is 901. The number of carbonyl (C=O) groups excluding carboxylic acids is 1. The first kappa shape index (κ1) is 20.2. The average Bonchev–Trinajstić information content (AvgIpc) is 3.14. The second-order valence-corrected chi connectivity index (χ2v) is 7.11. The molecule has 1 heterocycles. The molecule has 0 aliphatic rings. The van der Waals surface area contributed by atoms with Gasteiger partial charge >= 0.3 is 5.97 Å². The zero-order valence-electron chi connectivity index (χ0n) is 15.4. The molecule has 28 heavy (non-hydrogen) atoms. The molecule has 3 rings (SSSR count). The molecule has 6 nitrogen and oxygen atoms in total. The van der Waals surface area contributed by atoms with Gasteiger partial charge in [0.2, 0.25) is 0 Å². The van der Waals surface area contributed by atoms with Gasteiger partial charge in [0.05, 0.1) is 5.75 Å². The summed E-state index contributed by atoms with van der Waals surface area (Å²) in [7, 11) is 0. The van der Waals surface area contributed by atoms with E-state index in [9.17, 15) is 4.79 Å². The number of rotatable bonds is 9. The van der Waals surface area contributed by atoms with E-state index in [1.165, 1.54) is 11.8 Å². The monoisotopic (exact) mass is 417 g/mol. The standard InChI is InChI=1S/C20H20ClN3O3S/c1-2-24-19(15-8-10-16(21)11-9-15)22-23-20(24)28-14-18(25)27-13-12-26-17-6-4-3-5-7-17/h3-11H,2,12-14H2,1H3. The zero-order valence-corrected chi connectivity index (χ0v) is 16.9. The third-order valence-corrected chi connectivity index (χ3v) is 5.01. The summed E-state index contributed by atoms with van der Waals surface area (Å²) in [6, 6.07) is 16.8. The van der Waals surface area contributed by atoms with Gasteiger partial charge in [0.1, 0.15) is 19.0 Å². The van der Waals surface area contributed by atoms with Gasteiger partial charge in [-0.15, -0.1) is 10.2 Å². The van der Waals surface area contributed by atoms with Gasteiger partial charge in [-0.25, -0.2) is 0 Å². The van der Waals surface area contributed by atoms with Crippen molar-refractivity contribution >= 4 is 29.3 Å². The Morgan fingerprint density at radius 2 is 1.82 bits per heavy atom. The van der Waals surface area contributed by atoms with Crippen molar-refractivity contribution in [3.8, 4) is 17.1 Å². The van der Waals surface area contributed by atoms with E-state index in [0.717, 1.165) is 17.1 Å². The van der Waals surface area contributed by atoms with Gasteiger partial charge in [0.15, 0.2) is 11.0 Å². The SMILES string of the molecule is CCn1c(SCC(=O)OCCOc2ccccc2)nnc1-c1ccc(Cl)cc1. The molecule has 0 unspecified atom stereocenters. The summed E-state index contributed by atoms with van der Waals surface area (Å²) in [4.78, 5) is 12.0. The fraction of sp³-hybridized carbons (Fsp3) is 0.250. The zero-order chi connectivity index (χ0) is 19.8. The molecule has 0 spiro atoms. The Balaban J connectivity index is 1.48. The first-order chi connectivity index (χ1) is 13.7. The van der Waals surface area contributed by atoms with E-state index in [2.05, 4.69) is 10.2 Å². The quantitative estimate of drug-likeness (QED) is 0.293. The van der Waals surface area contributed by atoms with E-state index in [4.69, 9.17) is 21.1 Å². The maximum absolute atomic E-state index is 12.0. The topological polar surface area (TPSA) is 66.2 Å². The van der Waals surface area contributed by atoms with Crippen LogP contribution in [0, 0.1) is 0 Å². The van der Waals surface area contributed by atoms with E-state index in [0.29, 0.717) is 23.3 Å². The summed E-state index contributed by atoms with van der Waals surface area (Å²) in [5, 5.41) is 9.79. The molecule has 2 aromatic carbocycles. The van der Waals surface area contributed by atoms with E-state index in [-0.39, 0.29) is 18.3 Å². The Morgan fingerprint density at radius 1 is 1.07 bits per heavy atom. The Labute approximate surface area is 172 Å². The van der Waals surface area contributed by atoms with Crippen molar-refractivity contribution in [1.82, 2.24) is 14.8 Å². The number of ether oxygens (including phenoxy) is 2. The number of carbonyl (C=O) groups is 1. The third kappa shape index (κ3) is 5.50. The highest BCUT2D eigenvalue weighted by molar-refractivity contribution is 7.99. The largest absolute Gasteiger partial charge is 0.490 e. The van der Waals surface area contributed by atoms with Crippen LogP contribution in [0.15, 0.2) is 59.8 Å². The van der Waals surface area contributed by atoms with Crippen LogP contribution >= 0.6 is 23.4 Å². The van der Waals surface area contributed by atoms with Gasteiger partial charge in [-0.1, -0.05) is 41.6 Å². The molecule has 0 N–H and O–H groups in total. The second-order valence-electron chi connectivity index (χ2n) is 5.73. The lowest BCUT2D eigenvalue weighted by atomic mass is 10.2. The Kier molecular flexibility index (Phi) is 7.33. The smallest absolute Gasteiger partial charge is 0.316 e. The summed E-state index contributed by atoms with van der Waals surface area (Å²) < 4.78 is 12.7. The van der Waals surface area contributed by atoms with Crippen LogP contribution in [0.4, 0.5) is 0 Å². The number of hydrogen-bond donors (Lipinski definition) is 0. The number of nitrogens with zero attached hydrogens (tertiary/aromatic N) is 3. The van der Waals surface area contributed by atoms with Crippen LogP contribution in [-0.2, 0) is 16.1 Å². The molecular formula is C20H20ClN3O3S. The Morgan fingerprint density at radius 3 is 2.54 bits per heavy atom. The summed E-state index contributed by atoms with van der Waals surface area (Å²) in [5.74, 6) is 1.33. The third-order valence-electron chi connectivity index (χ3n) is 3.81. The van der Waals surface area contributed by atoms with Gasteiger partial charge in [-0.05, 0) is 43.3 Å². The molecule has 0 amide bonds. The number of hydrogen-bond acceptors (Lipinski definition) is 6. The van der Waals surface area contributed by atoms with Crippen molar-refractivity contribution in [3.63, 3.8) is 0 Å². The highest BCUT2D eigenvalue weighted by Crippen LogP contribution is 2.25. The van der Waals surface area contributed by atoms with Gasteiger partial charge < -0.3 is 14.0 Å². The normalized spacial score (nSPS) is 10.6. The molecule has 0 saturated heterocycles. The number of esters is 1. The van der Waals surface area contributed by atoms with Crippen LogP contribution in [0.5, 0.6) is 5.75 Å². The van der Waals surface area contributed by atoms with Crippen LogP contribution in [0.2, 0.25) is 5.02 Å². The second kappa shape index (κ2) is 10.1. The minimum absolute atomic E-state index is 0.157. The maximum atomic E-state index is 12.0. The first-order valence-corrected chi connectivity index (χ1v) is 10.2. The number of halogens is 1. The summed E-state index contributed by atoms with van der Waals surface area (Å²) >= 11 is 7.24. The molecule has 0 aliphatic carbocycles. The minimum Gasteiger partial charge on any atom is -0.490 e. The van der Waals surface area contributed by atoms with Crippen molar-refractivity contribution in [2.75, 3.05) is 19.0 Å². The highest BCUT2D eigenvalue weighted by Gasteiger charge is 2.15. The number of aromatic nitrogens is 3. The molecule has 0 atom stereocenters. The van der Waals surface area contributed by atoms with Crippen molar-refractivity contribution in [3.05, 3.63) is 59.6 Å². The van der Waals surface area contributed by atoms with E-state index in [1.807, 2.05) is 66.1 Å². The van der Waals surface area contributed by atoms with Crippen LogP contribution in [0.3, 0.4) is 0 Å². The predicted octanol–water partition coefficient (Wildman–Crippen LogP) is 4.33. The van der Waals surface area contributed by atoms with Gasteiger partial charge in [-0.2, -0.15) is 0 Å². The molecule has 0 saturated carbocycles. The van der Waals surface area contributed by atoms with Gasteiger partial charge in [0.25, 0.3) is 0 Å². The molecule has 0 fully saturated rings. The van der Waals surface area contributed by atoms with Gasteiger partial charge in [0, 0.05) is 17.1 Å². The summed E-state index contributed by atoms with van der Waals surface area (Å²) in [6.07, 6.45) is 0. The highest BCUT2D eigenvalue weighted by atomic mass is 35.5. The summed E-state index contributed by atoms with van der Waals surface area (Å²) in [5.41, 5.74) is 0.922. The summed E-state index contributed by atoms with van der Waals surface area (Å²) in [6.45, 7) is 3.20. The fourth-order valence-electron chi connectivity index (χ4n) is 2.49. The lowest BCUT2D eigenvalue weighted by Crippen LogP contribution is -2.14. The van der Waals surface area contributed by atoms with Crippen molar-refractivity contribution in [2.45, 2.75) is 18.6 Å². The number of thioether (sulfide) groups is 1. The molecule has 0 bridgehead atoms. The van der Waals surface area contributed by atoms with E-state index in [1.54, 1.807) is 0 Å². The van der Waals surface area contributed by atoms with Crippen LogP contribution in [0.25, 0.3) is 11.4 Å². The van der Waals surface area contributed by atoms with Gasteiger partial charge in [-0.3, -0.25) is 4.79 Å². The lowest BCUT2D eigenvalue weighted by Gasteiger charge is -2.08. The predicted molar refractivity (Wildman–Crippen MR) is 110 cm³/mol. The molecule has 3 aromatic rings. The van der Waals surface area contributed by atoms with Crippen molar-refractivity contribution in [1.29, 1.82) is 0 Å². The average molecular weight is 418 g/mol. The fourth-order valence-corrected chi connectivity index (χ4v) is 3.42. The molecule has 0 radical (unpaired) electrons. The molecule has 1 aromatic heterocycles. The molecule has 146 valence electrons. The van der Waals surface area contributed by atoms with Crippen LogP contribution in [0.1, 0.15) is 6.92 Å². The minimum atomic E-state index is -0.319. The van der Waals surface area contributed by atoms with Crippen molar-refractivity contribution < 1.29 is 14.3 Å².